The van der Waals surface area contributed by atoms with E-state index in [0.717, 1.165) is 58.8 Å². The molecule has 7 nitrogen and oxygen atoms in total. The van der Waals surface area contributed by atoms with Crippen molar-refractivity contribution in [3.05, 3.63) is 228 Å². The molecule has 0 aliphatic rings. The third kappa shape index (κ3) is 11.3. The minimum Gasteiger partial charge on any atom is -0.486 e. The molecule has 0 bridgehead atoms. The first-order valence-corrected chi connectivity index (χ1v) is 21.5. The predicted octanol–water partition coefficient (Wildman–Crippen LogP) is 14.0. The van der Waals surface area contributed by atoms with Crippen LogP contribution in [-0.2, 0) is 9.53 Å². The second kappa shape index (κ2) is 20.7. The van der Waals surface area contributed by atoms with Crippen LogP contribution in [0.3, 0.4) is 0 Å². The molecule has 0 fully saturated rings. The molecular formula is C54H41N3O4S2. The van der Waals surface area contributed by atoms with Crippen molar-refractivity contribution in [2.75, 3.05) is 11.7 Å². The van der Waals surface area contributed by atoms with E-state index in [1.807, 2.05) is 54.6 Å². The number of ether oxygens (including phenoxy) is 1. The van der Waals surface area contributed by atoms with Gasteiger partial charge in [0.2, 0.25) is 0 Å². The molecule has 0 saturated carbocycles. The number of hydrogen-bond acceptors (Lipinski definition) is 7. The lowest BCUT2D eigenvalue weighted by atomic mass is 9.93. The Labute approximate surface area is 375 Å². The molecule has 5 aromatic carbocycles. The summed E-state index contributed by atoms with van der Waals surface area (Å²) in [6, 6.07) is 51.3. The van der Waals surface area contributed by atoms with Crippen LogP contribution >= 0.6 is 22.7 Å². The Morgan fingerprint density at radius 3 is 1.73 bits per heavy atom. The highest BCUT2D eigenvalue weighted by molar-refractivity contribution is 7.19. The fourth-order valence-corrected chi connectivity index (χ4v) is 8.55. The average Bonchev–Trinajstić information content (AvgIpc) is 3.98. The molecule has 0 radical (unpaired) electrons. The van der Waals surface area contributed by atoms with Gasteiger partial charge in [-0.1, -0.05) is 121 Å². The summed E-state index contributed by atoms with van der Waals surface area (Å²) in [4.78, 5) is 18.8. The highest BCUT2D eigenvalue weighted by Crippen LogP contribution is 2.43. The normalized spacial score (nSPS) is 12.0. The number of carboxylic acid groups (broad SMARTS) is 1. The SMILES string of the molecule is [C-]#[N+]C(=Cc1ccc(C=Cc2ccc(N(c3ccc(C=C(c4ccccc4)c4ccc(C)c(C)c4)cc3)c3ccc(C=Cc4ccc(C=C(C#N)OCO)cc4)s3)s2)cc1)C(=O)O. The van der Waals surface area contributed by atoms with Crippen molar-refractivity contribution in [2.24, 2.45) is 0 Å². The first-order chi connectivity index (χ1) is 30.7. The lowest BCUT2D eigenvalue weighted by Gasteiger charge is -2.22. The first-order valence-electron chi connectivity index (χ1n) is 19.9. The maximum atomic E-state index is 11.3. The van der Waals surface area contributed by atoms with Crippen molar-refractivity contribution in [3.63, 3.8) is 0 Å². The molecule has 0 spiro atoms. The number of thiophene rings is 2. The summed E-state index contributed by atoms with van der Waals surface area (Å²) in [5.41, 5.74) is 11.1. The number of aryl methyl sites for hydroxylation is 2. The Kier molecular flexibility index (Phi) is 14.2. The number of benzene rings is 5. The van der Waals surface area contributed by atoms with E-state index in [0.29, 0.717) is 5.56 Å². The topological polar surface area (TPSA) is 98.2 Å². The van der Waals surface area contributed by atoms with Crippen LogP contribution in [0.25, 0.3) is 53.0 Å². The lowest BCUT2D eigenvalue weighted by molar-refractivity contribution is -0.132. The second-order valence-electron chi connectivity index (χ2n) is 14.3. The molecule has 0 aliphatic carbocycles. The molecule has 0 saturated heterocycles. The molecule has 0 amide bonds. The van der Waals surface area contributed by atoms with Gasteiger partial charge in [-0.25, -0.2) is 4.85 Å². The quantitative estimate of drug-likeness (QED) is 0.0266. The van der Waals surface area contributed by atoms with Crippen molar-refractivity contribution in [1.82, 2.24) is 0 Å². The van der Waals surface area contributed by atoms with Gasteiger partial charge in [0.1, 0.15) is 16.1 Å². The molecule has 0 aliphatic heterocycles. The molecule has 308 valence electrons. The van der Waals surface area contributed by atoms with Gasteiger partial charge in [-0.2, -0.15) is 5.26 Å². The van der Waals surface area contributed by atoms with Crippen molar-refractivity contribution < 1.29 is 19.7 Å². The Balaban J connectivity index is 1.19. The van der Waals surface area contributed by atoms with Gasteiger partial charge < -0.3 is 14.9 Å². The average molecular weight is 860 g/mol. The Hall–Kier alpha value is -7.79. The fourth-order valence-electron chi connectivity index (χ4n) is 6.60. The van der Waals surface area contributed by atoms with Crippen molar-refractivity contribution in [2.45, 2.75) is 13.8 Å². The van der Waals surface area contributed by atoms with Crippen molar-refractivity contribution in [3.8, 4) is 6.07 Å². The number of allylic oxidation sites excluding steroid dienone is 1. The molecule has 63 heavy (non-hydrogen) atoms. The van der Waals surface area contributed by atoms with Crippen LogP contribution in [0.5, 0.6) is 0 Å². The van der Waals surface area contributed by atoms with Crippen LogP contribution in [0.1, 0.15) is 59.8 Å². The van der Waals surface area contributed by atoms with E-state index in [9.17, 15) is 15.2 Å². The molecule has 7 rings (SSSR count). The van der Waals surface area contributed by atoms with Crippen LogP contribution in [0.2, 0.25) is 0 Å². The zero-order valence-corrected chi connectivity index (χ0v) is 36.1. The highest BCUT2D eigenvalue weighted by Gasteiger charge is 2.17. The van der Waals surface area contributed by atoms with E-state index in [4.69, 9.17) is 16.4 Å². The fraction of sp³-hybridized carbons (Fsp3) is 0.0556. The molecule has 2 heterocycles. The zero-order valence-electron chi connectivity index (χ0n) is 34.5. The van der Waals surface area contributed by atoms with E-state index >= 15 is 0 Å². The van der Waals surface area contributed by atoms with Gasteiger partial charge in [-0.15, -0.1) is 22.7 Å². The number of carboxylic acids is 1. The predicted molar refractivity (Wildman–Crippen MR) is 261 cm³/mol. The number of hydrogen-bond donors (Lipinski definition) is 2. The minimum absolute atomic E-state index is 0.0435. The van der Waals surface area contributed by atoms with Gasteiger partial charge in [-0.3, -0.25) is 9.69 Å². The van der Waals surface area contributed by atoms with E-state index in [1.54, 1.807) is 40.9 Å². The highest BCUT2D eigenvalue weighted by atomic mass is 32.1. The van der Waals surface area contributed by atoms with E-state index < -0.39 is 12.8 Å². The van der Waals surface area contributed by atoms with Gasteiger partial charge in [0.15, 0.2) is 12.6 Å². The van der Waals surface area contributed by atoms with Crippen molar-refractivity contribution >= 4 is 92.4 Å². The Morgan fingerprint density at radius 1 is 0.667 bits per heavy atom. The molecular weight excluding hydrogens is 819 g/mol. The summed E-state index contributed by atoms with van der Waals surface area (Å²) in [7, 11) is 0. The number of rotatable bonds is 15. The van der Waals surface area contributed by atoms with E-state index in [2.05, 4.69) is 139 Å². The monoisotopic (exact) mass is 859 g/mol. The van der Waals surface area contributed by atoms with Gasteiger partial charge in [0.05, 0.1) is 6.57 Å². The summed E-state index contributed by atoms with van der Waals surface area (Å²) in [5, 5.41) is 29.6. The number of nitriles is 1. The standard InChI is InChI=1S/C54H41N3O4S2/c1-37-9-22-45(31-38(37)2)50(44-7-5-4-6-8-44)33-42-18-23-46(24-19-42)57(52-29-27-48(62-52)25-20-39-10-14-41(15-11-39)32-47(35-55)61-36-58)53-30-28-49(63-53)26-21-40-12-16-43(17-13-40)34-51(56-3)54(59)60/h4-34,58H,36H2,1-2H3,(H,59,60). The molecule has 0 atom stereocenters. The summed E-state index contributed by atoms with van der Waals surface area (Å²) >= 11 is 3.35. The summed E-state index contributed by atoms with van der Waals surface area (Å²) in [6.45, 7) is 10.8. The van der Waals surface area contributed by atoms with Crippen molar-refractivity contribution in [1.29, 1.82) is 5.26 Å². The van der Waals surface area contributed by atoms with Crippen LogP contribution in [-0.4, -0.2) is 23.0 Å². The maximum Gasteiger partial charge on any atom is 0.333 e. The molecule has 7 aromatic rings. The molecule has 2 N–H and O–H groups in total. The number of anilines is 3. The third-order valence-corrected chi connectivity index (χ3v) is 12.1. The number of aliphatic carboxylic acids is 1. The number of nitrogens with zero attached hydrogens (tertiary/aromatic N) is 3. The minimum atomic E-state index is -1.25. The number of carbonyl (C=O) groups is 1. The second-order valence-corrected chi connectivity index (χ2v) is 16.5. The molecule has 2 aromatic heterocycles. The van der Waals surface area contributed by atoms with Gasteiger partial charge >= 0.3 is 5.97 Å². The number of aliphatic hydroxyl groups excluding tert-OH is 1. The molecule has 0 unspecified atom stereocenters. The van der Waals surface area contributed by atoms with Crippen LogP contribution in [0.4, 0.5) is 15.7 Å². The van der Waals surface area contributed by atoms with E-state index in [-0.39, 0.29) is 11.5 Å². The Bertz CT molecular complexity index is 2960. The Morgan fingerprint density at radius 2 is 1.21 bits per heavy atom. The summed E-state index contributed by atoms with van der Waals surface area (Å²) in [6.07, 6.45) is 13.4. The third-order valence-electron chi connectivity index (χ3n) is 10.1. The maximum absolute atomic E-state index is 11.3. The lowest BCUT2D eigenvalue weighted by Crippen LogP contribution is -2.06. The van der Waals surface area contributed by atoms with E-state index in [1.165, 1.54) is 22.8 Å². The number of aliphatic hydroxyl groups is 1. The first kappa shape index (κ1) is 43.3. The van der Waals surface area contributed by atoms with Crippen LogP contribution in [0, 0.1) is 31.8 Å². The largest absolute Gasteiger partial charge is 0.486 e. The van der Waals surface area contributed by atoms with Gasteiger partial charge in [0.25, 0.3) is 5.70 Å². The van der Waals surface area contributed by atoms with Gasteiger partial charge in [-0.05, 0) is 136 Å². The summed E-state index contributed by atoms with van der Waals surface area (Å²) in [5.74, 6) is -1.20. The zero-order chi connectivity index (χ0) is 44.1. The van der Waals surface area contributed by atoms with Gasteiger partial charge in [0, 0.05) is 15.4 Å². The smallest absolute Gasteiger partial charge is 0.333 e. The van der Waals surface area contributed by atoms with Crippen LogP contribution < -0.4 is 4.90 Å². The van der Waals surface area contributed by atoms with Crippen LogP contribution in [0.15, 0.2) is 157 Å². The summed E-state index contributed by atoms with van der Waals surface area (Å²) < 4.78 is 4.94. The molecule has 9 heteroatoms.